The van der Waals surface area contributed by atoms with Gasteiger partial charge in [0.2, 0.25) is 5.91 Å². The van der Waals surface area contributed by atoms with Crippen LogP contribution in [-0.4, -0.2) is 12.5 Å². The molecule has 4 bridgehead atoms. The predicted molar refractivity (Wildman–Crippen MR) is 109 cm³/mol. The van der Waals surface area contributed by atoms with Gasteiger partial charge in [-0.05, 0) is 78.4 Å². The van der Waals surface area contributed by atoms with Crippen molar-refractivity contribution in [3.8, 4) is 11.1 Å². The Labute approximate surface area is 162 Å². The second kappa shape index (κ2) is 6.82. The monoisotopic (exact) mass is 359 g/mol. The van der Waals surface area contributed by atoms with Crippen molar-refractivity contribution in [2.75, 3.05) is 6.54 Å². The molecular weight excluding hydrogens is 330 g/mol. The molecule has 0 spiro atoms. The first-order valence-corrected chi connectivity index (χ1v) is 10.6. The number of hydrogen-bond donors (Lipinski definition) is 1. The lowest BCUT2D eigenvalue weighted by atomic mass is 9.49. The summed E-state index contributed by atoms with van der Waals surface area (Å²) >= 11 is 0. The van der Waals surface area contributed by atoms with Crippen LogP contribution in [0.25, 0.3) is 11.1 Å². The molecule has 0 aliphatic heterocycles. The van der Waals surface area contributed by atoms with Gasteiger partial charge in [0.05, 0.1) is 6.42 Å². The Morgan fingerprint density at radius 1 is 0.815 bits per heavy atom. The van der Waals surface area contributed by atoms with Gasteiger partial charge in [0.15, 0.2) is 0 Å². The highest BCUT2D eigenvalue weighted by molar-refractivity contribution is 5.79. The maximum atomic E-state index is 12.5. The molecule has 0 unspecified atom stereocenters. The van der Waals surface area contributed by atoms with E-state index in [1.54, 1.807) is 0 Å². The van der Waals surface area contributed by atoms with Crippen molar-refractivity contribution in [3.63, 3.8) is 0 Å². The summed E-state index contributed by atoms with van der Waals surface area (Å²) in [6, 6.07) is 18.8. The van der Waals surface area contributed by atoms with Crippen LogP contribution in [0, 0.1) is 23.2 Å². The third kappa shape index (κ3) is 3.54. The molecule has 6 rings (SSSR count). The lowest BCUT2D eigenvalue weighted by Crippen LogP contribution is -2.51. The summed E-state index contributed by atoms with van der Waals surface area (Å²) in [5.41, 5.74) is 3.93. The molecular formula is C25H29NO. The van der Waals surface area contributed by atoms with Crippen molar-refractivity contribution in [2.24, 2.45) is 23.2 Å². The zero-order valence-electron chi connectivity index (χ0n) is 16.0. The quantitative estimate of drug-likeness (QED) is 0.778. The lowest BCUT2D eigenvalue weighted by molar-refractivity contribution is -0.122. The van der Waals surface area contributed by atoms with Crippen molar-refractivity contribution < 1.29 is 4.79 Å². The van der Waals surface area contributed by atoms with E-state index in [0.717, 1.165) is 29.9 Å². The topological polar surface area (TPSA) is 29.1 Å². The molecule has 0 radical (unpaired) electrons. The minimum atomic E-state index is 0.179. The first-order valence-electron chi connectivity index (χ1n) is 10.6. The van der Waals surface area contributed by atoms with Gasteiger partial charge in [-0.25, -0.2) is 0 Å². The van der Waals surface area contributed by atoms with Crippen LogP contribution >= 0.6 is 0 Å². The summed E-state index contributed by atoms with van der Waals surface area (Å²) in [5.74, 6) is 3.01. The summed E-state index contributed by atoms with van der Waals surface area (Å²) in [4.78, 5) is 12.5. The van der Waals surface area contributed by atoms with Crippen molar-refractivity contribution in [1.29, 1.82) is 0 Å². The fourth-order valence-corrected chi connectivity index (χ4v) is 6.49. The molecule has 1 N–H and O–H groups in total. The van der Waals surface area contributed by atoms with E-state index in [1.807, 2.05) is 6.07 Å². The fraction of sp³-hybridized carbons (Fsp3) is 0.480. The minimum Gasteiger partial charge on any atom is -0.355 e. The van der Waals surface area contributed by atoms with Crippen LogP contribution in [0.15, 0.2) is 54.6 Å². The van der Waals surface area contributed by atoms with Gasteiger partial charge in [0.25, 0.3) is 0 Å². The molecule has 2 aromatic carbocycles. The van der Waals surface area contributed by atoms with Gasteiger partial charge in [0.1, 0.15) is 0 Å². The molecule has 4 aliphatic rings. The SMILES string of the molecule is O=C(Cc1ccc(-c2ccccc2)cc1)NCC12CC3CC(CC(C3)C1)C2. The Morgan fingerprint density at radius 2 is 1.37 bits per heavy atom. The average molecular weight is 360 g/mol. The maximum Gasteiger partial charge on any atom is 0.224 e. The number of hydrogen-bond acceptors (Lipinski definition) is 1. The maximum absolute atomic E-state index is 12.5. The van der Waals surface area contributed by atoms with Gasteiger partial charge >= 0.3 is 0 Å². The summed E-state index contributed by atoms with van der Waals surface area (Å²) in [6.07, 6.45) is 8.92. The molecule has 2 nitrogen and oxygen atoms in total. The molecule has 27 heavy (non-hydrogen) atoms. The number of amides is 1. The van der Waals surface area contributed by atoms with E-state index in [4.69, 9.17) is 0 Å². The first-order chi connectivity index (χ1) is 13.2. The van der Waals surface area contributed by atoms with E-state index in [2.05, 4.69) is 53.8 Å². The normalized spacial score (nSPS) is 31.0. The van der Waals surface area contributed by atoms with Crippen molar-refractivity contribution in [3.05, 3.63) is 60.2 Å². The number of carbonyl (C=O) groups excluding carboxylic acids is 1. The third-order valence-corrected chi connectivity index (χ3v) is 7.25. The standard InChI is InChI=1S/C25H29NO/c27-24(13-18-6-8-23(9-7-18)22-4-2-1-3-5-22)26-17-25-14-19-10-20(15-25)12-21(11-19)16-25/h1-9,19-21H,10-17H2,(H,26,27). The van der Waals surface area contributed by atoms with E-state index in [-0.39, 0.29) is 5.91 Å². The average Bonchev–Trinajstić information content (AvgIpc) is 2.67. The van der Waals surface area contributed by atoms with E-state index in [9.17, 15) is 4.79 Å². The van der Waals surface area contributed by atoms with Crippen LogP contribution < -0.4 is 5.32 Å². The van der Waals surface area contributed by atoms with Gasteiger partial charge in [-0.1, -0.05) is 54.6 Å². The molecule has 2 aromatic rings. The molecule has 0 aromatic heterocycles. The Bertz CT molecular complexity index is 773. The molecule has 0 heterocycles. The second-order valence-electron chi connectivity index (χ2n) is 9.43. The van der Waals surface area contributed by atoms with Crippen LogP contribution in [0.1, 0.15) is 44.1 Å². The predicted octanol–water partition coefficient (Wildman–Crippen LogP) is 5.23. The molecule has 140 valence electrons. The van der Waals surface area contributed by atoms with Gasteiger partial charge in [-0.3, -0.25) is 4.79 Å². The smallest absolute Gasteiger partial charge is 0.224 e. The molecule has 0 atom stereocenters. The highest BCUT2D eigenvalue weighted by atomic mass is 16.1. The third-order valence-electron chi connectivity index (χ3n) is 7.25. The summed E-state index contributed by atoms with van der Waals surface area (Å²) in [5, 5.41) is 3.30. The number of rotatable bonds is 5. The first kappa shape index (κ1) is 17.0. The molecule has 4 aliphatic carbocycles. The zero-order valence-corrected chi connectivity index (χ0v) is 16.0. The highest BCUT2D eigenvalue weighted by Crippen LogP contribution is 2.59. The van der Waals surface area contributed by atoms with Crippen LogP contribution in [0.5, 0.6) is 0 Å². The largest absolute Gasteiger partial charge is 0.355 e. The van der Waals surface area contributed by atoms with Gasteiger partial charge < -0.3 is 5.32 Å². The zero-order chi connectivity index (χ0) is 18.3. The second-order valence-corrected chi connectivity index (χ2v) is 9.43. The number of carbonyl (C=O) groups is 1. The van der Waals surface area contributed by atoms with E-state index in [0.29, 0.717) is 11.8 Å². The lowest BCUT2D eigenvalue weighted by Gasteiger charge is -2.56. The van der Waals surface area contributed by atoms with Gasteiger partial charge in [-0.2, -0.15) is 0 Å². The summed E-state index contributed by atoms with van der Waals surface area (Å²) in [6.45, 7) is 0.900. The molecule has 4 fully saturated rings. The Hall–Kier alpha value is -2.09. The van der Waals surface area contributed by atoms with E-state index in [1.165, 1.54) is 49.7 Å². The highest BCUT2D eigenvalue weighted by Gasteiger charge is 2.50. The molecule has 1 amide bonds. The van der Waals surface area contributed by atoms with Gasteiger partial charge in [0, 0.05) is 6.54 Å². The Morgan fingerprint density at radius 3 is 1.96 bits per heavy atom. The number of benzene rings is 2. The number of nitrogens with one attached hydrogen (secondary N) is 1. The molecule has 2 heteroatoms. The van der Waals surface area contributed by atoms with Crippen molar-refractivity contribution in [2.45, 2.75) is 44.9 Å². The van der Waals surface area contributed by atoms with E-state index < -0.39 is 0 Å². The van der Waals surface area contributed by atoms with Crippen molar-refractivity contribution in [1.82, 2.24) is 5.32 Å². The Kier molecular flexibility index (Phi) is 4.30. The minimum absolute atomic E-state index is 0.179. The van der Waals surface area contributed by atoms with Crippen LogP contribution in [0.3, 0.4) is 0 Å². The Balaban J connectivity index is 1.18. The van der Waals surface area contributed by atoms with Crippen molar-refractivity contribution >= 4 is 5.91 Å². The van der Waals surface area contributed by atoms with E-state index >= 15 is 0 Å². The van der Waals surface area contributed by atoms with Crippen LogP contribution in [-0.2, 0) is 11.2 Å². The summed E-state index contributed by atoms with van der Waals surface area (Å²) in [7, 11) is 0. The molecule has 4 saturated carbocycles. The fourth-order valence-electron chi connectivity index (χ4n) is 6.49. The van der Waals surface area contributed by atoms with Crippen LogP contribution in [0.2, 0.25) is 0 Å². The summed E-state index contributed by atoms with van der Waals surface area (Å²) < 4.78 is 0. The molecule has 0 saturated heterocycles. The van der Waals surface area contributed by atoms with Gasteiger partial charge in [-0.15, -0.1) is 0 Å². The van der Waals surface area contributed by atoms with Crippen LogP contribution in [0.4, 0.5) is 0 Å².